The van der Waals surface area contributed by atoms with Crippen molar-refractivity contribution in [2.45, 2.75) is 0 Å². The van der Waals surface area contributed by atoms with Crippen molar-refractivity contribution < 1.29 is 18.3 Å². The van der Waals surface area contributed by atoms with Crippen molar-refractivity contribution in [3.8, 4) is 5.75 Å². The molecule has 2 nitrogen and oxygen atoms in total. The lowest BCUT2D eigenvalue weighted by molar-refractivity contribution is 0.103. The summed E-state index contributed by atoms with van der Waals surface area (Å²) in [5.74, 6) is -2.69. The van der Waals surface area contributed by atoms with Gasteiger partial charge >= 0.3 is 0 Å². The molecule has 0 heterocycles. The number of hydrogen-bond donors (Lipinski definition) is 0. The van der Waals surface area contributed by atoms with Gasteiger partial charge in [-0.1, -0.05) is 11.6 Å². The molecule has 2 rings (SSSR count). The van der Waals surface area contributed by atoms with Crippen molar-refractivity contribution in [1.29, 1.82) is 0 Å². The molecule has 0 fully saturated rings. The van der Waals surface area contributed by atoms with Gasteiger partial charge in [0.1, 0.15) is 17.4 Å². The summed E-state index contributed by atoms with van der Waals surface area (Å²) in [6.07, 6.45) is 0. The molecule has 0 saturated heterocycles. The van der Waals surface area contributed by atoms with Crippen LogP contribution in [0.3, 0.4) is 0 Å². The minimum absolute atomic E-state index is 0.0113. The number of ether oxygens (including phenoxy) is 1. The van der Waals surface area contributed by atoms with Crippen LogP contribution in [0.2, 0.25) is 5.02 Å². The number of carbonyl (C=O) groups is 1. The highest BCUT2D eigenvalue weighted by atomic mass is 127. The third-order valence-corrected chi connectivity index (χ3v) is 4.23. The molecule has 0 aliphatic carbocycles. The summed E-state index contributed by atoms with van der Waals surface area (Å²) < 4.78 is 33.2. The zero-order valence-electron chi connectivity index (χ0n) is 10.2. The third kappa shape index (κ3) is 2.93. The van der Waals surface area contributed by atoms with E-state index in [2.05, 4.69) is 0 Å². The summed E-state index contributed by atoms with van der Waals surface area (Å²) in [5, 5.41) is 0.353. The molecule has 0 unspecified atom stereocenters. The van der Waals surface area contributed by atoms with Crippen LogP contribution in [0.4, 0.5) is 8.78 Å². The first-order valence-corrected chi connectivity index (χ1v) is 6.92. The maximum Gasteiger partial charge on any atom is 0.198 e. The van der Waals surface area contributed by atoms with Crippen molar-refractivity contribution >= 4 is 40.0 Å². The first-order chi connectivity index (χ1) is 9.43. The number of benzene rings is 2. The molecule has 0 amide bonds. The van der Waals surface area contributed by atoms with Gasteiger partial charge in [-0.05, 0) is 40.8 Å². The van der Waals surface area contributed by atoms with Crippen LogP contribution in [0.15, 0.2) is 30.3 Å². The fraction of sp³-hybridized carbons (Fsp3) is 0.0714. The van der Waals surface area contributed by atoms with Gasteiger partial charge in [0, 0.05) is 21.3 Å². The number of rotatable bonds is 3. The van der Waals surface area contributed by atoms with Crippen molar-refractivity contribution in [1.82, 2.24) is 0 Å². The van der Waals surface area contributed by atoms with Crippen LogP contribution in [0.25, 0.3) is 0 Å². The maximum atomic E-state index is 13.8. The highest BCUT2D eigenvalue weighted by Gasteiger charge is 2.21. The zero-order chi connectivity index (χ0) is 14.9. The van der Waals surface area contributed by atoms with E-state index in [-0.39, 0.29) is 11.3 Å². The molecular formula is C14H8ClF2IO2. The first kappa shape index (κ1) is 15.2. The van der Waals surface area contributed by atoms with Gasteiger partial charge in [-0.25, -0.2) is 8.78 Å². The minimum atomic E-state index is -0.971. The van der Waals surface area contributed by atoms with Crippen molar-refractivity contribution in [2.24, 2.45) is 0 Å². The van der Waals surface area contributed by atoms with E-state index in [0.717, 1.165) is 15.7 Å². The largest absolute Gasteiger partial charge is 0.497 e. The van der Waals surface area contributed by atoms with Crippen molar-refractivity contribution in [2.75, 3.05) is 7.11 Å². The van der Waals surface area contributed by atoms with E-state index in [1.807, 2.05) is 22.6 Å². The van der Waals surface area contributed by atoms with Gasteiger partial charge < -0.3 is 4.74 Å². The standard InChI is InChI=1S/C14H8ClF2IO2/c1-20-8-5-10(16)13(11(17)6-8)14(19)7-2-3-12(18)9(15)4-7/h2-6H,1H3. The Bertz CT molecular complexity index is 666. The summed E-state index contributed by atoms with van der Waals surface area (Å²) in [4.78, 5) is 12.2. The zero-order valence-corrected chi connectivity index (χ0v) is 13.1. The Morgan fingerprint density at radius 2 is 1.80 bits per heavy atom. The Morgan fingerprint density at radius 3 is 2.30 bits per heavy atom. The Morgan fingerprint density at radius 1 is 1.20 bits per heavy atom. The predicted molar refractivity (Wildman–Crippen MR) is 80.5 cm³/mol. The smallest absolute Gasteiger partial charge is 0.198 e. The summed E-state index contributed by atoms with van der Waals surface area (Å²) >= 11 is 7.90. The average Bonchev–Trinajstić information content (AvgIpc) is 2.40. The van der Waals surface area contributed by atoms with Crippen LogP contribution in [-0.4, -0.2) is 12.9 Å². The Balaban J connectivity index is 2.50. The van der Waals surface area contributed by atoms with Gasteiger partial charge in [0.2, 0.25) is 0 Å². The Hall–Kier alpha value is -1.21. The second-order valence-corrected chi connectivity index (χ2v) is 5.49. The van der Waals surface area contributed by atoms with E-state index in [0.29, 0.717) is 5.02 Å². The highest BCUT2D eigenvalue weighted by Crippen LogP contribution is 2.25. The number of ketones is 1. The molecule has 0 saturated carbocycles. The molecule has 0 aliphatic heterocycles. The highest BCUT2D eigenvalue weighted by molar-refractivity contribution is 14.1. The van der Waals surface area contributed by atoms with Gasteiger partial charge in [-0.15, -0.1) is 0 Å². The van der Waals surface area contributed by atoms with E-state index in [1.165, 1.54) is 19.2 Å². The summed E-state index contributed by atoms with van der Waals surface area (Å²) in [7, 11) is 1.29. The molecule has 0 aromatic heterocycles. The molecule has 104 valence electrons. The van der Waals surface area contributed by atoms with Crippen LogP contribution in [0.1, 0.15) is 15.9 Å². The fourth-order valence-corrected chi connectivity index (χ4v) is 2.18. The molecular weight excluding hydrogens is 401 g/mol. The summed E-state index contributed by atoms with van der Waals surface area (Å²) in [6.45, 7) is 0. The average molecular weight is 409 g/mol. The second kappa shape index (κ2) is 6.05. The molecule has 20 heavy (non-hydrogen) atoms. The van der Waals surface area contributed by atoms with Gasteiger partial charge in [0.15, 0.2) is 5.78 Å². The first-order valence-electron chi connectivity index (χ1n) is 5.47. The minimum Gasteiger partial charge on any atom is -0.497 e. The van der Waals surface area contributed by atoms with E-state index in [9.17, 15) is 13.6 Å². The van der Waals surface area contributed by atoms with Crippen molar-refractivity contribution in [3.05, 3.63) is 61.7 Å². The lowest BCUT2D eigenvalue weighted by Gasteiger charge is -2.07. The third-order valence-electron chi connectivity index (χ3n) is 2.66. The SMILES string of the molecule is COc1cc(F)c(C(=O)c2ccc(I)c(Cl)c2)c(F)c1. The van der Waals surface area contributed by atoms with E-state index < -0.39 is 23.0 Å². The molecule has 0 spiro atoms. The molecule has 0 aliphatic rings. The quantitative estimate of drug-likeness (QED) is 0.554. The lowest BCUT2D eigenvalue weighted by atomic mass is 10.0. The van der Waals surface area contributed by atoms with Gasteiger partial charge in [0.05, 0.1) is 17.7 Å². The van der Waals surface area contributed by atoms with Crippen LogP contribution >= 0.6 is 34.2 Å². The summed E-state index contributed by atoms with van der Waals surface area (Å²) in [5.41, 5.74) is -0.499. The van der Waals surface area contributed by atoms with Crippen LogP contribution in [0.5, 0.6) is 5.75 Å². The van der Waals surface area contributed by atoms with Crippen LogP contribution < -0.4 is 4.74 Å². The molecule has 0 atom stereocenters. The van der Waals surface area contributed by atoms with Gasteiger partial charge in [-0.2, -0.15) is 0 Å². The Labute approximate surface area is 132 Å². The topological polar surface area (TPSA) is 26.3 Å². The molecule has 0 radical (unpaired) electrons. The number of hydrogen-bond acceptors (Lipinski definition) is 2. The fourth-order valence-electron chi connectivity index (χ4n) is 1.67. The van der Waals surface area contributed by atoms with Crippen LogP contribution in [0, 0.1) is 15.2 Å². The van der Waals surface area contributed by atoms with Gasteiger partial charge in [0.25, 0.3) is 0 Å². The monoisotopic (exact) mass is 408 g/mol. The Kier molecular flexibility index (Phi) is 4.59. The second-order valence-electron chi connectivity index (χ2n) is 3.92. The van der Waals surface area contributed by atoms with Crippen molar-refractivity contribution in [3.63, 3.8) is 0 Å². The molecule has 0 N–H and O–H groups in total. The predicted octanol–water partition coefficient (Wildman–Crippen LogP) is 4.46. The molecule has 2 aromatic rings. The maximum absolute atomic E-state index is 13.8. The molecule has 0 bridgehead atoms. The van der Waals surface area contributed by atoms with E-state index >= 15 is 0 Å². The number of methoxy groups -OCH3 is 1. The van der Waals surface area contributed by atoms with Crippen LogP contribution in [-0.2, 0) is 0 Å². The normalized spacial score (nSPS) is 10.4. The van der Waals surface area contributed by atoms with E-state index in [1.54, 1.807) is 6.07 Å². The molecule has 2 aromatic carbocycles. The van der Waals surface area contributed by atoms with Gasteiger partial charge in [-0.3, -0.25) is 4.79 Å². The summed E-state index contributed by atoms with van der Waals surface area (Å²) in [6, 6.07) is 6.39. The molecule has 6 heteroatoms. The lowest BCUT2D eigenvalue weighted by Crippen LogP contribution is -2.08. The van der Waals surface area contributed by atoms with E-state index in [4.69, 9.17) is 16.3 Å². The number of halogens is 4. The number of carbonyl (C=O) groups excluding carboxylic acids is 1.